The van der Waals surface area contributed by atoms with Crippen molar-refractivity contribution in [2.45, 2.75) is 50.6 Å². The van der Waals surface area contributed by atoms with Gasteiger partial charge in [-0.25, -0.2) is 4.98 Å². The number of likely N-dealkylation sites (tertiary alicyclic amines) is 1. The number of aromatic nitrogens is 1. The fourth-order valence-corrected chi connectivity index (χ4v) is 4.38. The van der Waals surface area contributed by atoms with Crippen molar-refractivity contribution in [2.75, 3.05) is 31.6 Å². The van der Waals surface area contributed by atoms with Crippen molar-refractivity contribution in [1.29, 1.82) is 0 Å². The number of nitrogens with one attached hydrogen (secondary N) is 1. The first-order valence-corrected chi connectivity index (χ1v) is 9.98. The van der Waals surface area contributed by atoms with Crippen LogP contribution in [0.2, 0.25) is 0 Å². The van der Waals surface area contributed by atoms with Crippen LogP contribution in [0.3, 0.4) is 0 Å². The third kappa shape index (κ3) is 4.08. The molecule has 3 heterocycles. The van der Waals surface area contributed by atoms with Crippen molar-refractivity contribution in [1.82, 2.24) is 15.2 Å². The Kier molecular flexibility index (Phi) is 5.04. The maximum atomic E-state index is 12.6. The highest BCUT2D eigenvalue weighted by Gasteiger charge is 2.38. The molecule has 0 unspecified atom stereocenters. The van der Waals surface area contributed by atoms with E-state index >= 15 is 0 Å². The van der Waals surface area contributed by atoms with Crippen molar-refractivity contribution < 1.29 is 14.7 Å². The van der Waals surface area contributed by atoms with Gasteiger partial charge in [-0.1, -0.05) is 6.07 Å². The zero-order chi connectivity index (χ0) is 19.0. The maximum Gasteiger partial charge on any atom is 0.304 e. The molecule has 1 aromatic heterocycles. The van der Waals surface area contributed by atoms with Gasteiger partial charge in [-0.2, -0.15) is 0 Å². The Morgan fingerprint density at radius 2 is 2.00 bits per heavy atom. The van der Waals surface area contributed by atoms with Gasteiger partial charge in [0.05, 0.1) is 6.42 Å². The van der Waals surface area contributed by atoms with E-state index in [0.717, 1.165) is 38.2 Å². The van der Waals surface area contributed by atoms with Gasteiger partial charge in [0.2, 0.25) is 0 Å². The first kappa shape index (κ1) is 18.2. The molecule has 1 aromatic rings. The Hall–Kier alpha value is -2.15. The molecule has 0 aromatic carbocycles. The number of carbonyl (C=O) groups is 2. The number of aliphatic carboxylic acids is 1. The minimum absolute atomic E-state index is 0.0942. The van der Waals surface area contributed by atoms with E-state index in [1.54, 1.807) is 6.07 Å². The molecule has 27 heavy (non-hydrogen) atoms. The largest absolute Gasteiger partial charge is 0.481 e. The fraction of sp³-hybridized carbons (Fsp3) is 0.650. The van der Waals surface area contributed by atoms with Gasteiger partial charge in [0.15, 0.2) is 0 Å². The van der Waals surface area contributed by atoms with E-state index < -0.39 is 5.97 Å². The van der Waals surface area contributed by atoms with Crippen molar-refractivity contribution in [3.8, 4) is 0 Å². The minimum atomic E-state index is -0.739. The second kappa shape index (κ2) is 7.46. The average Bonchev–Trinajstić information content (AvgIpc) is 3.29. The van der Waals surface area contributed by atoms with Gasteiger partial charge < -0.3 is 15.3 Å². The number of hydrogen-bond acceptors (Lipinski definition) is 5. The summed E-state index contributed by atoms with van der Waals surface area (Å²) in [6.45, 7) is 2.45. The molecule has 2 atom stereocenters. The summed E-state index contributed by atoms with van der Waals surface area (Å²) in [6.07, 6.45) is 5.47. The zero-order valence-electron chi connectivity index (χ0n) is 15.9. The lowest BCUT2D eigenvalue weighted by molar-refractivity contribution is -0.138. The van der Waals surface area contributed by atoms with Crippen molar-refractivity contribution in [3.63, 3.8) is 0 Å². The smallest absolute Gasteiger partial charge is 0.304 e. The van der Waals surface area contributed by atoms with Crippen LogP contribution in [-0.4, -0.2) is 65.6 Å². The first-order valence-electron chi connectivity index (χ1n) is 9.98. The number of carboxylic acid groups (broad SMARTS) is 1. The number of carboxylic acids is 1. The molecule has 3 aliphatic rings. The SMILES string of the molecule is CN1CCc2ccc(C(=O)NC[C@@H]3CC[C@H](CC(=O)O)N3CC3CC3)nc21. The summed E-state index contributed by atoms with van der Waals surface area (Å²) in [5, 5.41) is 12.2. The van der Waals surface area contributed by atoms with Gasteiger partial charge in [0, 0.05) is 38.8 Å². The van der Waals surface area contributed by atoms with E-state index in [4.69, 9.17) is 0 Å². The number of anilines is 1. The van der Waals surface area contributed by atoms with Gasteiger partial charge in [-0.05, 0) is 49.7 Å². The standard InChI is InChI=1S/C20H28N4O3/c1-23-9-8-14-4-7-17(22-19(14)23)20(27)21-11-16-6-5-15(10-18(25)26)24(16)12-13-2-3-13/h4,7,13,15-16H,2-3,5-6,8-12H2,1H3,(H,21,27)(H,25,26)/t15-,16+/m1/s1. The number of rotatable bonds is 7. The summed E-state index contributed by atoms with van der Waals surface area (Å²) in [7, 11) is 2.00. The predicted molar refractivity (Wildman–Crippen MR) is 102 cm³/mol. The quantitative estimate of drug-likeness (QED) is 0.755. The van der Waals surface area contributed by atoms with Crippen LogP contribution in [0, 0.1) is 5.92 Å². The van der Waals surface area contributed by atoms with Crippen LogP contribution >= 0.6 is 0 Å². The van der Waals surface area contributed by atoms with Crippen molar-refractivity contribution in [2.24, 2.45) is 5.92 Å². The highest BCUT2D eigenvalue weighted by molar-refractivity contribution is 5.92. The molecule has 1 amide bonds. The molecule has 1 aliphatic carbocycles. The maximum absolute atomic E-state index is 12.6. The predicted octanol–water partition coefficient (Wildman–Crippen LogP) is 1.52. The Morgan fingerprint density at radius 3 is 2.74 bits per heavy atom. The molecule has 0 bridgehead atoms. The molecular formula is C20H28N4O3. The van der Waals surface area contributed by atoms with Crippen LogP contribution in [-0.2, 0) is 11.2 Å². The second-order valence-corrected chi connectivity index (χ2v) is 8.18. The van der Waals surface area contributed by atoms with Gasteiger partial charge in [0.25, 0.3) is 5.91 Å². The molecule has 0 radical (unpaired) electrons. The Morgan fingerprint density at radius 1 is 1.22 bits per heavy atom. The Balaban J connectivity index is 1.37. The van der Waals surface area contributed by atoms with Gasteiger partial charge in [0.1, 0.15) is 11.5 Å². The number of nitrogens with zero attached hydrogens (tertiary/aromatic N) is 3. The summed E-state index contributed by atoms with van der Waals surface area (Å²) in [6, 6.07) is 4.11. The average molecular weight is 372 g/mol. The van der Waals surface area contributed by atoms with E-state index in [1.807, 2.05) is 13.1 Å². The lowest BCUT2D eigenvalue weighted by Crippen LogP contribution is -2.44. The number of hydrogen-bond donors (Lipinski definition) is 2. The molecule has 2 fully saturated rings. The summed E-state index contributed by atoms with van der Waals surface area (Å²) in [5.41, 5.74) is 1.65. The number of pyridine rings is 1. The molecule has 1 saturated carbocycles. The monoisotopic (exact) mass is 372 g/mol. The van der Waals surface area contributed by atoms with E-state index in [0.29, 0.717) is 18.2 Å². The van der Waals surface area contributed by atoms with Crippen LogP contribution in [0.4, 0.5) is 5.82 Å². The molecule has 7 nitrogen and oxygen atoms in total. The minimum Gasteiger partial charge on any atom is -0.481 e. The topological polar surface area (TPSA) is 85.8 Å². The fourth-order valence-electron chi connectivity index (χ4n) is 4.38. The van der Waals surface area contributed by atoms with Crippen LogP contribution < -0.4 is 10.2 Å². The molecule has 2 aliphatic heterocycles. The molecule has 0 spiro atoms. The molecule has 1 saturated heterocycles. The summed E-state index contributed by atoms with van der Waals surface area (Å²) in [5.74, 6) is 0.718. The van der Waals surface area contributed by atoms with Crippen LogP contribution in [0.25, 0.3) is 0 Å². The molecule has 7 heteroatoms. The number of fused-ring (bicyclic) bond motifs is 1. The number of amides is 1. The van der Waals surface area contributed by atoms with Crippen LogP contribution in [0.15, 0.2) is 12.1 Å². The van der Waals surface area contributed by atoms with Crippen LogP contribution in [0.1, 0.15) is 48.2 Å². The highest BCUT2D eigenvalue weighted by Crippen LogP contribution is 2.35. The van der Waals surface area contributed by atoms with Gasteiger partial charge in [-0.3, -0.25) is 14.5 Å². The summed E-state index contributed by atoms with van der Waals surface area (Å²) < 4.78 is 0. The molecule has 2 N–H and O–H groups in total. The van der Waals surface area contributed by atoms with Gasteiger partial charge >= 0.3 is 5.97 Å². The van der Waals surface area contributed by atoms with E-state index in [1.165, 1.54) is 18.4 Å². The Labute approximate surface area is 159 Å². The summed E-state index contributed by atoms with van der Waals surface area (Å²) >= 11 is 0. The van der Waals surface area contributed by atoms with Gasteiger partial charge in [-0.15, -0.1) is 0 Å². The number of likely N-dealkylation sites (N-methyl/N-ethyl adjacent to an activating group) is 1. The summed E-state index contributed by atoms with van der Waals surface area (Å²) in [4.78, 5) is 32.7. The molecule has 4 rings (SSSR count). The third-order valence-electron chi connectivity index (χ3n) is 6.11. The molecule has 146 valence electrons. The lowest BCUT2D eigenvalue weighted by atomic mass is 10.1. The first-order chi connectivity index (χ1) is 13.0. The van der Waals surface area contributed by atoms with E-state index in [-0.39, 0.29) is 24.4 Å². The lowest BCUT2D eigenvalue weighted by Gasteiger charge is -2.29. The van der Waals surface area contributed by atoms with E-state index in [2.05, 4.69) is 20.1 Å². The van der Waals surface area contributed by atoms with Crippen LogP contribution in [0.5, 0.6) is 0 Å². The van der Waals surface area contributed by atoms with Crippen molar-refractivity contribution in [3.05, 3.63) is 23.4 Å². The number of carbonyl (C=O) groups excluding carboxylic acids is 1. The molecular weight excluding hydrogens is 344 g/mol. The zero-order valence-corrected chi connectivity index (χ0v) is 15.9. The third-order valence-corrected chi connectivity index (χ3v) is 6.11. The highest BCUT2D eigenvalue weighted by atomic mass is 16.4. The normalized spacial score (nSPS) is 24.9. The Bertz CT molecular complexity index is 734. The van der Waals surface area contributed by atoms with Crippen molar-refractivity contribution >= 4 is 17.7 Å². The van der Waals surface area contributed by atoms with E-state index in [9.17, 15) is 14.7 Å². The second-order valence-electron chi connectivity index (χ2n) is 8.18.